The van der Waals surface area contributed by atoms with Crippen molar-refractivity contribution in [3.63, 3.8) is 0 Å². The second-order valence-electron chi connectivity index (χ2n) is 5.83. The summed E-state index contributed by atoms with van der Waals surface area (Å²) in [6.45, 7) is 3.90. The smallest absolute Gasteiger partial charge is 0.257 e. The highest BCUT2D eigenvalue weighted by Crippen LogP contribution is 2.20. The number of rotatable bonds is 8. The molecule has 3 rings (SSSR count). The van der Waals surface area contributed by atoms with E-state index in [0.717, 1.165) is 19.6 Å². The molecule has 2 heterocycles. The molecule has 0 radical (unpaired) electrons. The van der Waals surface area contributed by atoms with Crippen LogP contribution in [0.5, 0.6) is 0 Å². The Morgan fingerprint density at radius 2 is 2.10 bits per heavy atom. The summed E-state index contributed by atoms with van der Waals surface area (Å²) >= 11 is 0. The summed E-state index contributed by atoms with van der Waals surface area (Å²) < 4.78 is 27.3. The summed E-state index contributed by atoms with van der Waals surface area (Å²) in [5.41, 5.74) is 0.704. The first-order valence-electron chi connectivity index (χ1n) is 7.63. The van der Waals surface area contributed by atoms with Gasteiger partial charge in [-0.05, 0) is 38.8 Å². The Balaban J connectivity index is 1.54. The lowest BCUT2D eigenvalue weighted by Crippen LogP contribution is -2.34. The van der Waals surface area contributed by atoms with Crippen molar-refractivity contribution in [2.45, 2.75) is 43.3 Å². The number of hydrogen-bond acceptors (Lipinski definition) is 5. The summed E-state index contributed by atoms with van der Waals surface area (Å²) in [7, 11) is -3.50. The van der Waals surface area contributed by atoms with Crippen LogP contribution in [0.25, 0.3) is 0 Å². The molecule has 0 unspecified atom stereocenters. The van der Waals surface area contributed by atoms with E-state index < -0.39 is 10.0 Å². The number of sulfonamides is 1. The van der Waals surface area contributed by atoms with Crippen molar-refractivity contribution in [2.24, 2.45) is 0 Å². The van der Waals surface area contributed by atoms with Crippen LogP contribution in [0, 0.1) is 0 Å². The second-order valence-corrected chi connectivity index (χ2v) is 7.53. The number of aromatic nitrogens is 2. The quantitative estimate of drug-likeness (QED) is 0.630. The van der Waals surface area contributed by atoms with Gasteiger partial charge >= 0.3 is 0 Å². The fourth-order valence-electron chi connectivity index (χ4n) is 2.62. The molecule has 1 aromatic heterocycles. The Morgan fingerprint density at radius 3 is 2.81 bits per heavy atom. The number of hydrogen-bond donors (Lipinski definition) is 3. The fourth-order valence-corrected chi connectivity index (χ4v) is 3.76. The zero-order valence-electron chi connectivity index (χ0n) is 12.1. The lowest BCUT2D eigenvalue weighted by Gasteiger charge is -2.14. The van der Waals surface area contributed by atoms with Gasteiger partial charge in [0.15, 0.2) is 5.03 Å². The average molecular weight is 313 g/mol. The topological polar surface area (TPSA) is 90.1 Å². The van der Waals surface area contributed by atoms with Crippen LogP contribution in [-0.4, -0.2) is 55.7 Å². The molecule has 0 atom stereocenters. The molecule has 0 spiro atoms. The molecule has 1 saturated heterocycles. The van der Waals surface area contributed by atoms with Crippen LogP contribution in [0.15, 0.2) is 11.2 Å². The van der Waals surface area contributed by atoms with Crippen LogP contribution in [0.2, 0.25) is 0 Å². The number of H-pyrrole nitrogens is 1. The molecule has 3 N–H and O–H groups in total. The number of nitrogens with one attached hydrogen (secondary N) is 3. The monoisotopic (exact) mass is 313 g/mol. The van der Waals surface area contributed by atoms with E-state index in [1.54, 1.807) is 6.20 Å². The molecule has 118 valence electrons. The summed E-state index contributed by atoms with van der Waals surface area (Å²) in [4.78, 5) is 2.28. The van der Waals surface area contributed by atoms with Crippen molar-refractivity contribution >= 4 is 10.0 Å². The zero-order chi connectivity index (χ0) is 14.7. The van der Waals surface area contributed by atoms with E-state index in [-0.39, 0.29) is 5.03 Å². The lowest BCUT2D eigenvalue weighted by atomic mass is 10.3. The first-order chi connectivity index (χ1) is 10.1. The molecule has 0 aromatic carbocycles. The minimum absolute atomic E-state index is 0.192. The summed E-state index contributed by atoms with van der Waals surface area (Å²) in [6, 6.07) is 0.540. The molecule has 7 nitrogen and oxygen atoms in total. The van der Waals surface area contributed by atoms with Gasteiger partial charge in [-0.15, -0.1) is 0 Å². The van der Waals surface area contributed by atoms with E-state index in [9.17, 15) is 8.42 Å². The predicted molar refractivity (Wildman–Crippen MR) is 79.3 cm³/mol. The van der Waals surface area contributed by atoms with Gasteiger partial charge < -0.3 is 10.2 Å². The molecule has 1 aromatic rings. The molecule has 1 saturated carbocycles. The van der Waals surface area contributed by atoms with Crippen LogP contribution < -0.4 is 10.0 Å². The minimum Gasteiger partial charge on any atom is -0.310 e. The summed E-state index contributed by atoms with van der Waals surface area (Å²) in [5.74, 6) is 0. The van der Waals surface area contributed by atoms with Crippen LogP contribution in [0.1, 0.15) is 31.2 Å². The van der Waals surface area contributed by atoms with E-state index in [2.05, 4.69) is 25.1 Å². The van der Waals surface area contributed by atoms with Gasteiger partial charge in [-0.25, -0.2) is 13.1 Å². The van der Waals surface area contributed by atoms with E-state index in [0.29, 0.717) is 24.7 Å². The normalized spacial score (nSPS) is 20.2. The lowest BCUT2D eigenvalue weighted by molar-refractivity contribution is 0.344. The second kappa shape index (κ2) is 6.43. The van der Waals surface area contributed by atoms with Gasteiger partial charge in [0.25, 0.3) is 10.0 Å². The minimum atomic E-state index is -3.50. The molecule has 0 bridgehead atoms. The molecule has 2 fully saturated rings. The standard InChI is InChI=1S/C13H23N5O2S/c19-21(20,16-5-8-18-6-1-2-7-18)13-11(10-15-17-13)9-14-12-3-4-12/h10,12,14,16H,1-9H2,(H,15,17). The Morgan fingerprint density at radius 1 is 1.33 bits per heavy atom. The Kier molecular flexibility index (Phi) is 4.58. The third-order valence-corrected chi connectivity index (χ3v) is 5.50. The molecule has 2 aliphatic rings. The zero-order valence-corrected chi connectivity index (χ0v) is 13.0. The molecular weight excluding hydrogens is 290 g/mol. The third kappa shape index (κ3) is 4.03. The van der Waals surface area contributed by atoms with Crippen LogP contribution in [0.4, 0.5) is 0 Å². The fraction of sp³-hybridized carbons (Fsp3) is 0.769. The van der Waals surface area contributed by atoms with E-state index >= 15 is 0 Å². The summed E-state index contributed by atoms with van der Waals surface area (Å²) in [5, 5.41) is 10.00. The highest BCUT2D eigenvalue weighted by molar-refractivity contribution is 7.89. The molecule has 8 heteroatoms. The molecular formula is C13H23N5O2S. The van der Waals surface area contributed by atoms with Crippen LogP contribution in [-0.2, 0) is 16.6 Å². The van der Waals surface area contributed by atoms with Crippen molar-refractivity contribution in [1.29, 1.82) is 0 Å². The Labute approximate surface area is 125 Å². The van der Waals surface area contributed by atoms with Crippen molar-refractivity contribution in [3.05, 3.63) is 11.8 Å². The third-order valence-electron chi connectivity index (χ3n) is 4.02. The van der Waals surface area contributed by atoms with Crippen LogP contribution in [0.3, 0.4) is 0 Å². The van der Waals surface area contributed by atoms with Gasteiger partial charge in [-0.3, -0.25) is 5.10 Å². The van der Waals surface area contributed by atoms with Crippen molar-refractivity contribution in [2.75, 3.05) is 26.2 Å². The maximum Gasteiger partial charge on any atom is 0.257 e. The van der Waals surface area contributed by atoms with Gasteiger partial charge in [-0.1, -0.05) is 0 Å². The van der Waals surface area contributed by atoms with Crippen LogP contribution >= 0.6 is 0 Å². The highest BCUT2D eigenvalue weighted by atomic mass is 32.2. The summed E-state index contributed by atoms with van der Waals surface area (Å²) in [6.07, 6.45) is 6.36. The first-order valence-corrected chi connectivity index (χ1v) is 9.11. The highest BCUT2D eigenvalue weighted by Gasteiger charge is 2.24. The molecule has 1 aliphatic carbocycles. The van der Waals surface area contributed by atoms with Gasteiger partial charge in [0, 0.05) is 31.2 Å². The van der Waals surface area contributed by atoms with E-state index in [1.807, 2.05) is 0 Å². The van der Waals surface area contributed by atoms with Gasteiger partial charge in [0.05, 0.1) is 6.20 Å². The predicted octanol–water partition coefficient (Wildman–Crippen LogP) is 0.0358. The maximum atomic E-state index is 12.3. The van der Waals surface area contributed by atoms with E-state index in [1.165, 1.54) is 25.7 Å². The Bertz CT molecular complexity index is 561. The van der Waals surface area contributed by atoms with Crippen molar-refractivity contribution < 1.29 is 8.42 Å². The van der Waals surface area contributed by atoms with Crippen molar-refractivity contribution in [3.8, 4) is 0 Å². The number of aromatic amines is 1. The number of nitrogens with zero attached hydrogens (tertiary/aromatic N) is 2. The van der Waals surface area contributed by atoms with E-state index in [4.69, 9.17) is 0 Å². The molecule has 1 aliphatic heterocycles. The van der Waals surface area contributed by atoms with Gasteiger partial charge in [-0.2, -0.15) is 5.10 Å². The van der Waals surface area contributed by atoms with Crippen molar-refractivity contribution in [1.82, 2.24) is 25.1 Å². The maximum absolute atomic E-state index is 12.3. The average Bonchev–Trinajstić information content (AvgIpc) is 2.93. The largest absolute Gasteiger partial charge is 0.310 e. The Hall–Kier alpha value is -0.960. The van der Waals surface area contributed by atoms with Gasteiger partial charge in [0.1, 0.15) is 0 Å². The molecule has 0 amide bonds. The number of likely N-dealkylation sites (tertiary alicyclic amines) is 1. The SMILES string of the molecule is O=S(=O)(NCCN1CCCC1)c1[nH]ncc1CNC1CC1. The van der Waals surface area contributed by atoms with Gasteiger partial charge in [0.2, 0.25) is 0 Å². The molecule has 21 heavy (non-hydrogen) atoms. The first kappa shape index (κ1) is 15.0.